The van der Waals surface area contributed by atoms with Gasteiger partial charge in [0.25, 0.3) is 5.91 Å². The maximum Gasteiger partial charge on any atom is 0.343 e. The standard InChI is InChI=1S/C28H25N5O4/c1-3-36-23-16-20(14-15-22(23)37-27(35)19-10-6-4-7-11-19)25-24(18(2)31-28-29-17-30-33(25)28)26(34)32-21-12-8-5-9-13-21/h4-17,25H,3H2,1-2H3,(H,32,34)(H,29,30,31)/t25-/m1/s1. The molecule has 1 amide bonds. The molecule has 0 unspecified atom stereocenters. The van der Waals surface area contributed by atoms with Crippen LogP contribution < -0.4 is 20.1 Å². The van der Waals surface area contributed by atoms with E-state index < -0.39 is 12.0 Å². The molecule has 186 valence electrons. The van der Waals surface area contributed by atoms with Gasteiger partial charge in [-0.1, -0.05) is 42.5 Å². The van der Waals surface area contributed by atoms with E-state index in [1.165, 1.54) is 6.33 Å². The van der Waals surface area contributed by atoms with Crippen molar-refractivity contribution in [1.82, 2.24) is 14.8 Å². The van der Waals surface area contributed by atoms with Crippen LogP contribution in [0.25, 0.3) is 0 Å². The molecule has 0 bridgehead atoms. The summed E-state index contributed by atoms with van der Waals surface area (Å²) in [5.41, 5.74) is 2.94. The number of carbonyl (C=O) groups excluding carboxylic acids is 2. The number of carbonyl (C=O) groups is 2. The van der Waals surface area contributed by atoms with Gasteiger partial charge in [0.2, 0.25) is 5.95 Å². The molecule has 9 nitrogen and oxygen atoms in total. The van der Waals surface area contributed by atoms with Gasteiger partial charge in [-0.3, -0.25) is 4.79 Å². The van der Waals surface area contributed by atoms with Crippen LogP contribution in [0.2, 0.25) is 0 Å². The second-order valence-electron chi connectivity index (χ2n) is 8.31. The van der Waals surface area contributed by atoms with Gasteiger partial charge in [0.15, 0.2) is 11.5 Å². The largest absolute Gasteiger partial charge is 0.490 e. The van der Waals surface area contributed by atoms with Crippen molar-refractivity contribution in [3.8, 4) is 11.5 Å². The topological polar surface area (TPSA) is 107 Å². The number of amides is 1. The predicted molar refractivity (Wildman–Crippen MR) is 139 cm³/mol. The molecule has 0 radical (unpaired) electrons. The Hall–Kier alpha value is -4.92. The molecule has 0 saturated carbocycles. The van der Waals surface area contributed by atoms with Crippen molar-refractivity contribution >= 4 is 23.5 Å². The summed E-state index contributed by atoms with van der Waals surface area (Å²) >= 11 is 0. The summed E-state index contributed by atoms with van der Waals surface area (Å²) in [5, 5.41) is 10.5. The van der Waals surface area contributed by atoms with Crippen molar-refractivity contribution in [1.29, 1.82) is 0 Å². The third-order valence-electron chi connectivity index (χ3n) is 5.87. The normalized spacial score (nSPS) is 14.4. The molecular weight excluding hydrogens is 470 g/mol. The number of ether oxygens (including phenoxy) is 2. The Bertz CT molecular complexity index is 1460. The van der Waals surface area contributed by atoms with E-state index >= 15 is 0 Å². The average Bonchev–Trinajstić information content (AvgIpc) is 3.38. The summed E-state index contributed by atoms with van der Waals surface area (Å²) in [7, 11) is 0. The Kier molecular flexibility index (Phi) is 6.67. The first-order valence-electron chi connectivity index (χ1n) is 11.8. The molecule has 0 spiro atoms. The van der Waals surface area contributed by atoms with Crippen LogP contribution in [0.4, 0.5) is 11.6 Å². The lowest BCUT2D eigenvalue weighted by Gasteiger charge is -2.29. The van der Waals surface area contributed by atoms with Gasteiger partial charge in [0.05, 0.1) is 17.7 Å². The van der Waals surface area contributed by atoms with Crippen molar-refractivity contribution in [2.24, 2.45) is 0 Å². The number of hydrogen-bond donors (Lipinski definition) is 2. The van der Waals surface area contributed by atoms with Gasteiger partial charge in [-0.25, -0.2) is 9.48 Å². The molecule has 4 aromatic rings. The van der Waals surface area contributed by atoms with Crippen LogP contribution >= 0.6 is 0 Å². The molecule has 0 aliphatic carbocycles. The zero-order chi connectivity index (χ0) is 25.8. The number of rotatable bonds is 7. The third kappa shape index (κ3) is 4.92. The van der Waals surface area contributed by atoms with Crippen LogP contribution in [0.1, 0.15) is 35.8 Å². The van der Waals surface area contributed by atoms with Gasteiger partial charge < -0.3 is 20.1 Å². The zero-order valence-electron chi connectivity index (χ0n) is 20.3. The van der Waals surface area contributed by atoms with Crippen LogP contribution in [-0.4, -0.2) is 33.2 Å². The molecule has 0 fully saturated rings. The van der Waals surface area contributed by atoms with Gasteiger partial charge in [-0.15, -0.1) is 0 Å². The Balaban J connectivity index is 1.52. The lowest BCUT2D eigenvalue weighted by Crippen LogP contribution is -2.31. The Morgan fingerprint density at radius 1 is 1.00 bits per heavy atom. The number of nitrogens with one attached hydrogen (secondary N) is 2. The maximum atomic E-state index is 13.5. The zero-order valence-corrected chi connectivity index (χ0v) is 20.3. The van der Waals surface area contributed by atoms with Crippen LogP contribution in [-0.2, 0) is 4.79 Å². The number of aromatic nitrogens is 3. The fourth-order valence-electron chi connectivity index (χ4n) is 4.19. The maximum absolute atomic E-state index is 13.5. The minimum absolute atomic E-state index is 0.278. The summed E-state index contributed by atoms with van der Waals surface area (Å²) < 4.78 is 13.1. The first-order chi connectivity index (χ1) is 18.0. The number of fused-ring (bicyclic) bond motifs is 1. The van der Waals surface area contributed by atoms with E-state index in [-0.39, 0.29) is 11.7 Å². The molecule has 2 heterocycles. The highest BCUT2D eigenvalue weighted by atomic mass is 16.6. The molecule has 0 saturated heterocycles. The Morgan fingerprint density at radius 2 is 1.73 bits per heavy atom. The van der Waals surface area contributed by atoms with E-state index in [2.05, 4.69) is 20.7 Å². The number of esters is 1. The van der Waals surface area contributed by atoms with Gasteiger partial charge in [-0.2, -0.15) is 10.1 Å². The number of para-hydroxylation sites is 1. The number of hydrogen-bond acceptors (Lipinski definition) is 7. The van der Waals surface area contributed by atoms with E-state index in [9.17, 15) is 9.59 Å². The third-order valence-corrected chi connectivity index (χ3v) is 5.87. The van der Waals surface area contributed by atoms with E-state index in [0.29, 0.717) is 46.4 Å². The van der Waals surface area contributed by atoms with Gasteiger partial charge in [0.1, 0.15) is 12.4 Å². The molecule has 5 rings (SSSR count). The first-order valence-corrected chi connectivity index (χ1v) is 11.8. The molecule has 2 N–H and O–H groups in total. The minimum atomic E-state index is -0.597. The summed E-state index contributed by atoms with van der Waals surface area (Å²) in [5.74, 6) is 0.401. The second-order valence-corrected chi connectivity index (χ2v) is 8.31. The smallest absolute Gasteiger partial charge is 0.343 e. The molecule has 1 aliphatic rings. The van der Waals surface area contributed by atoms with E-state index in [0.717, 1.165) is 0 Å². The number of allylic oxidation sites excluding steroid dienone is 1. The fraction of sp³-hybridized carbons (Fsp3) is 0.143. The summed E-state index contributed by atoms with van der Waals surface area (Å²) in [4.78, 5) is 30.5. The van der Waals surface area contributed by atoms with Gasteiger partial charge >= 0.3 is 5.97 Å². The fourth-order valence-corrected chi connectivity index (χ4v) is 4.19. The highest BCUT2D eigenvalue weighted by molar-refractivity contribution is 6.06. The SMILES string of the molecule is CCOc1cc([C@@H]2C(C(=O)Nc3ccccc3)=C(C)Nc3ncnn32)ccc1OC(=O)c1ccccc1. The molecule has 9 heteroatoms. The summed E-state index contributed by atoms with van der Waals surface area (Å²) in [6.45, 7) is 4.03. The highest BCUT2D eigenvalue weighted by Crippen LogP contribution is 2.39. The molecular formula is C28H25N5O4. The molecule has 1 atom stereocenters. The number of nitrogens with zero attached hydrogens (tertiary/aromatic N) is 3. The first kappa shape index (κ1) is 23.8. The monoisotopic (exact) mass is 495 g/mol. The molecule has 1 aliphatic heterocycles. The van der Waals surface area contributed by atoms with E-state index in [4.69, 9.17) is 9.47 Å². The lowest BCUT2D eigenvalue weighted by atomic mass is 9.94. The molecule has 1 aromatic heterocycles. The summed E-state index contributed by atoms with van der Waals surface area (Å²) in [6, 6.07) is 22.6. The van der Waals surface area contributed by atoms with Gasteiger partial charge in [-0.05, 0) is 55.8 Å². The number of anilines is 2. The van der Waals surface area contributed by atoms with Crippen molar-refractivity contribution in [3.05, 3.63) is 108 Å². The quantitative estimate of drug-likeness (QED) is 0.279. The lowest BCUT2D eigenvalue weighted by molar-refractivity contribution is -0.113. The van der Waals surface area contributed by atoms with Crippen molar-refractivity contribution < 1.29 is 19.1 Å². The Morgan fingerprint density at radius 3 is 2.46 bits per heavy atom. The van der Waals surface area contributed by atoms with Gasteiger partial charge in [0, 0.05) is 11.4 Å². The molecule has 3 aromatic carbocycles. The van der Waals surface area contributed by atoms with Crippen molar-refractivity contribution in [3.63, 3.8) is 0 Å². The minimum Gasteiger partial charge on any atom is -0.490 e. The van der Waals surface area contributed by atoms with Crippen LogP contribution in [0, 0.1) is 0 Å². The average molecular weight is 496 g/mol. The predicted octanol–water partition coefficient (Wildman–Crippen LogP) is 4.82. The highest BCUT2D eigenvalue weighted by Gasteiger charge is 2.34. The number of benzene rings is 3. The van der Waals surface area contributed by atoms with E-state index in [1.54, 1.807) is 47.1 Å². The van der Waals surface area contributed by atoms with E-state index in [1.807, 2.05) is 50.2 Å². The molecule has 37 heavy (non-hydrogen) atoms. The van der Waals surface area contributed by atoms with Crippen LogP contribution in [0.5, 0.6) is 11.5 Å². The Labute approximate surface area is 213 Å². The second kappa shape index (κ2) is 10.4. The van der Waals surface area contributed by atoms with Crippen molar-refractivity contribution in [2.45, 2.75) is 19.9 Å². The van der Waals surface area contributed by atoms with Crippen molar-refractivity contribution in [2.75, 3.05) is 17.2 Å². The van der Waals surface area contributed by atoms with Crippen LogP contribution in [0.3, 0.4) is 0 Å². The summed E-state index contributed by atoms with van der Waals surface area (Å²) in [6.07, 6.45) is 1.43. The van der Waals surface area contributed by atoms with Crippen LogP contribution in [0.15, 0.2) is 96.5 Å².